The smallest absolute Gasteiger partial charge is 0.196 e. The molecule has 2 aromatic rings. The Hall–Kier alpha value is -1.68. The summed E-state index contributed by atoms with van der Waals surface area (Å²) in [5, 5.41) is 7.29. The predicted octanol–water partition coefficient (Wildman–Crippen LogP) is 3.89. The Labute approximate surface area is 111 Å². The van der Waals surface area contributed by atoms with E-state index in [2.05, 4.69) is 39.0 Å². The summed E-state index contributed by atoms with van der Waals surface area (Å²) in [7, 11) is 0. The molecular formula is C14H15N3S. The fourth-order valence-electron chi connectivity index (χ4n) is 2.41. The molecule has 0 saturated carbocycles. The van der Waals surface area contributed by atoms with Crippen LogP contribution in [-0.2, 0) is 0 Å². The van der Waals surface area contributed by atoms with Crippen molar-refractivity contribution in [2.75, 3.05) is 0 Å². The Morgan fingerprint density at radius 1 is 1.28 bits per heavy atom. The molecule has 1 atom stereocenters. The summed E-state index contributed by atoms with van der Waals surface area (Å²) in [5.41, 5.74) is 1.10. The van der Waals surface area contributed by atoms with E-state index in [0.29, 0.717) is 10.8 Å². The molecule has 18 heavy (non-hydrogen) atoms. The van der Waals surface area contributed by atoms with Crippen LogP contribution in [0.15, 0.2) is 42.5 Å². The Bertz CT molecular complexity index is 609. The van der Waals surface area contributed by atoms with Gasteiger partial charge >= 0.3 is 0 Å². The Morgan fingerprint density at radius 3 is 2.83 bits per heavy atom. The molecule has 0 spiro atoms. The monoisotopic (exact) mass is 257 g/mol. The van der Waals surface area contributed by atoms with Gasteiger partial charge in [0.25, 0.3) is 0 Å². The van der Waals surface area contributed by atoms with Crippen molar-refractivity contribution in [2.24, 2.45) is 0 Å². The molecule has 0 unspecified atom stereocenters. The van der Waals surface area contributed by atoms with Crippen LogP contribution in [0.2, 0.25) is 0 Å². The summed E-state index contributed by atoms with van der Waals surface area (Å²) in [4.78, 5) is 0. The molecular weight excluding hydrogens is 242 g/mol. The van der Waals surface area contributed by atoms with Crippen molar-refractivity contribution in [3.05, 3.63) is 47.3 Å². The second kappa shape index (κ2) is 4.90. The molecule has 1 N–H and O–H groups in total. The standard InChI is InChI=1S/C14H15N3S/c18-14-16-15-13(11-7-3-1-4-8-11)17(14)12-9-5-2-6-10-12/h1,3-5,7-9,12H,2,6,10H2,(H,16,18)/t12-/m0/s1. The summed E-state index contributed by atoms with van der Waals surface area (Å²) in [6, 6.07) is 10.5. The minimum atomic E-state index is 0.334. The minimum absolute atomic E-state index is 0.334. The molecule has 3 rings (SSSR count). The van der Waals surface area contributed by atoms with Gasteiger partial charge in [0, 0.05) is 5.56 Å². The van der Waals surface area contributed by atoms with E-state index >= 15 is 0 Å². The third-order valence-corrected chi connectivity index (χ3v) is 3.58. The number of hydrogen-bond donors (Lipinski definition) is 1. The number of nitrogens with one attached hydrogen (secondary N) is 1. The number of nitrogens with zero attached hydrogens (tertiary/aromatic N) is 2. The van der Waals surface area contributed by atoms with Crippen LogP contribution in [0.5, 0.6) is 0 Å². The lowest BCUT2D eigenvalue weighted by molar-refractivity contribution is 0.516. The Kier molecular flexibility index (Phi) is 3.11. The molecule has 0 aliphatic heterocycles. The Morgan fingerprint density at radius 2 is 2.11 bits per heavy atom. The molecule has 0 fully saturated rings. The van der Waals surface area contributed by atoms with E-state index in [1.165, 1.54) is 12.8 Å². The average Bonchev–Trinajstić information content (AvgIpc) is 2.83. The van der Waals surface area contributed by atoms with E-state index in [1.807, 2.05) is 18.2 Å². The third-order valence-electron chi connectivity index (χ3n) is 3.30. The number of rotatable bonds is 2. The predicted molar refractivity (Wildman–Crippen MR) is 74.9 cm³/mol. The van der Waals surface area contributed by atoms with Gasteiger partial charge in [-0.05, 0) is 31.5 Å². The number of allylic oxidation sites excluding steroid dienone is 2. The maximum absolute atomic E-state index is 5.36. The zero-order chi connectivity index (χ0) is 12.4. The van der Waals surface area contributed by atoms with Crippen molar-refractivity contribution >= 4 is 12.2 Å². The highest BCUT2D eigenvalue weighted by Crippen LogP contribution is 2.27. The van der Waals surface area contributed by atoms with Crippen molar-refractivity contribution in [2.45, 2.75) is 25.3 Å². The van der Waals surface area contributed by atoms with Gasteiger partial charge in [-0.25, -0.2) is 0 Å². The van der Waals surface area contributed by atoms with Crippen LogP contribution in [0, 0.1) is 4.77 Å². The van der Waals surface area contributed by atoms with Crippen LogP contribution >= 0.6 is 12.2 Å². The highest BCUT2D eigenvalue weighted by Gasteiger charge is 2.17. The van der Waals surface area contributed by atoms with E-state index in [1.54, 1.807) is 0 Å². The van der Waals surface area contributed by atoms with Crippen molar-refractivity contribution in [3.63, 3.8) is 0 Å². The average molecular weight is 257 g/mol. The van der Waals surface area contributed by atoms with E-state index < -0.39 is 0 Å². The highest BCUT2D eigenvalue weighted by molar-refractivity contribution is 7.71. The molecule has 1 aromatic carbocycles. The molecule has 92 valence electrons. The first-order valence-corrected chi connectivity index (χ1v) is 6.66. The Balaban J connectivity index is 2.09. The van der Waals surface area contributed by atoms with Crippen LogP contribution in [0.3, 0.4) is 0 Å². The zero-order valence-corrected chi connectivity index (χ0v) is 10.9. The van der Waals surface area contributed by atoms with Crippen LogP contribution in [0.1, 0.15) is 25.3 Å². The van der Waals surface area contributed by atoms with Gasteiger partial charge in [-0.3, -0.25) is 9.67 Å². The zero-order valence-electron chi connectivity index (χ0n) is 10.0. The topological polar surface area (TPSA) is 33.6 Å². The van der Waals surface area contributed by atoms with Crippen LogP contribution in [0.4, 0.5) is 0 Å². The van der Waals surface area contributed by atoms with Crippen molar-refractivity contribution in [1.82, 2.24) is 14.8 Å². The van der Waals surface area contributed by atoms with E-state index in [9.17, 15) is 0 Å². The van der Waals surface area contributed by atoms with Gasteiger partial charge in [0.15, 0.2) is 10.6 Å². The molecule has 0 bridgehead atoms. The van der Waals surface area contributed by atoms with Gasteiger partial charge in [0.2, 0.25) is 0 Å². The van der Waals surface area contributed by atoms with Gasteiger partial charge in [-0.1, -0.05) is 42.5 Å². The van der Waals surface area contributed by atoms with E-state index in [4.69, 9.17) is 12.2 Å². The van der Waals surface area contributed by atoms with E-state index in [-0.39, 0.29) is 0 Å². The molecule has 4 heteroatoms. The van der Waals surface area contributed by atoms with Gasteiger partial charge in [-0.2, -0.15) is 5.10 Å². The van der Waals surface area contributed by atoms with Gasteiger partial charge in [-0.15, -0.1) is 0 Å². The second-order valence-corrected chi connectivity index (χ2v) is 4.90. The van der Waals surface area contributed by atoms with Crippen LogP contribution in [-0.4, -0.2) is 14.8 Å². The fraction of sp³-hybridized carbons (Fsp3) is 0.286. The van der Waals surface area contributed by atoms with Crippen LogP contribution < -0.4 is 0 Å². The largest absolute Gasteiger partial charge is 0.293 e. The second-order valence-electron chi connectivity index (χ2n) is 4.51. The molecule has 0 saturated heterocycles. The summed E-state index contributed by atoms with van der Waals surface area (Å²) in [6.45, 7) is 0. The lowest BCUT2D eigenvalue weighted by atomic mass is 10.0. The SMILES string of the molecule is S=c1[nH]nc(-c2ccccc2)n1[C@H]1C=CCCC1. The minimum Gasteiger partial charge on any atom is -0.293 e. The molecule has 0 radical (unpaired) electrons. The number of benzene rings is 1. The van der Waals surface area contributed by atoms with Crippen molar-refractivity contribution < 1.29 is 0 Å². The lowest BCUT2D eigenvalue weighted by Gasteiger charge is -2.19. The molecule has 1 aromatic heterocycles. The summed E-state index contributed by atoms with van der Waals surface area (Å²) >= 11 is 5.36. The number of hydrogen-bond acceptors (Lipinski definition) is 2. The van der Waals surface area contributed by atoms with Crippen LogP contribution in [0.25, 0.3) is 11.4 Å². The van der Waals surface area contributed by atoms with Gasteiger partial charge in [0.1, 0.15) is 0 Å². The first kappa shape index (κ1) is 11.4. The maximum Gasteiger partial charge on any atom is 0.196 e. The summed E-state index contributed by atoms with van der Waals surface area (Å²) in [5.74, 6) is 0.928. The number of H-pyrrole nitrogens is 1. The first-order chi connectivity index (χ1) is 8.86. The third kappa shape index (κ3) is 2.04. The first-order valence-electron chi connectivity index (χ1n) is 6.25. The van der Waals surface area contributed by atoms with Gasteiger partial charge in [0.05, 0.1) is 6.04 Å². The number of aromatic amines is 1. The molecule has 3 nitrogen and oxygen atoms in total. The van der Waals surface area contributed by atoms with Crippen molar-refractivity contribution in [3.8, 4) is 11.4 Å². The van der Waals surface area contributed by atoms with Gasteiger partial charge < -0.3 is 0 Å². The lowest BCUT2D eigenvalue weighted by Crippen LogP contribution is -2.10. The molecule has 1 aliphatic rings. The molecule has 0 amide bonds. The normalized spacial score (nSPS) is 19.0. The van der Waals surface area contributed by atoms with Crippen molar-refractivity contribution in [1.29, 1.82) is 0 Å². The summed E-state index contributed by atoms with van der Waals surface area (Å²) in [6.07, 6.45) is 7.98. The summed E-state index contributed by atoms with van der Waals surface area (Å²) < 4.78 is 2.82. The number of aromatic nitrogens is 3. The highest BCUT2D eigenvalue weighted by atomic mass is 32.1. The maximum atomic E-state index is 5.36. The fourth-order valence-corrected chi connectivity index (χ4v) is 2.68. The quantitative estimate of drug-likeness (QED) is 0.654. The molecule has 1 aliphatic carbocycles. The van der Waals surface area contributed by atoms with E-state index in [0.717, 1.165) is 17.8 Å². The molecule has 1 heterocycles.